The van der Waals surface area contributed by atoms with Gasteiger partial charge in [-0.3, -0.25) is 0 Å². The first-order valence-electron chi connectivity index (χ1n) is 6.85. The monoisotopic (exact) mass is 304 g/mol. The van der Waals surface area contributed by atoms with Gasteiger partial charge in [0.25, 0.3) is 0 Å². The lowest BCUT2D eigenvalue weighted by atomic mass is 10.1. The van der Waals surface area contributed by atoms with Crippen molar-refractivity contribution in [1.82, 2.24) is 0 Å². The maximum Gasteiger partial charge on any atom is 0.349 e. The number of benzene rings is 2. The molecule has 0 unspecified atom stereocenters. The Balaban J connectivity index is 1.82. The predicted molar refractivity (Wildman–Crippen MR) is 83.0 cm³/mol. The van der Waals surface area contributed by atoms with Crippen molar-refractivity contribution in [3.05, 3.63) is 59.1 Å². The maximum absolute atomic E-state index is 11.7. The summed E-state index contributed by atoms with van der Waals surface area (Å²) in [6.07, 6.45) is 2.11. The highest BCUT2D eigenvalue weighted by Gasteiger charge is 2.06. The fourth-order valence-corrected chi connectivity index (χ4v) is 1.97. The molecule has 0 radical (unpaired) electrons. The molecule has 0 amide bonds. The van der Waals surface area contributed by atoms with E-state index >= 15 is 0 Å². The molecule has 3 nitrogen and oxygen atoms in total. The summed E-state index contributed by atoms with van der Waals surface area (Å²) in [5.41, 5.74) is 1.23. The van der Waals surface area contributed by atoms with Gasteiger partial charge in [-0.15, -0.1) is 0 Å². The summed E-state index contributed by atoms with van der Waals surface area (Å²) in [5, 5.41) is 0.622. The zero-order chi connectivity index (χ0) is 15.1. The van der Waals surface area contributed by atoms with Crippen molar-refractivity contribution in [2.45, 2.75) is 19.8 Å². The molecule has 0 heterocycles. The molecule has 2 aromatic carbocycles. The lowest BCUT2D eigenvalue weighted by Gasteiger charge is -2.07. The van der Waals surface area contributed by atoms with Gasteiger partial charge in [-0.1, -0.05) is 37.1 Å². The lowest BCUT2D eigenvalue weighted by Crippen LogP contribution is -2.17. The Labute approximate surface area is 129 Å². The Morgan fingerprint density at radius 3 is 2.24 bits per heavy atom. The van der Waals surface area contributed by atoms with Crippen LogP contribution in [0, 0.1) is 0 Å². The van der Waals surface area contributed by atoms with Gasteiger partial charge in [0.1, 0.15) is 11.5 Å². The third-order valence-corrected chi connectivity index (χ3v) is 3.12. The number of rotatable bonds is 6. The summed E-state index contributed by atoms with van der Waals surface area (Å²) in [6.45, 7) is 1.99. The van der Waals surface area contributed by atoms with Crippen LogP contribution in [0.4, 0.5) is 0 Å². The number of carbonyl (C=O) groups excluding carboxylic acids is 1. The molecule has 0 spiro atoms. The lowest BCUT2D eigenvalue weighted by molar-refractivity contribution is -0.136. The van der Waals surface area contributed by atoms with Crippen LogP contribution in [0.5, 0.6) is 11.5 Å². The zero-order valence-corrected chi connectivity index (χ0v) is 12.6. The van der Waals surface area contributed by atoms with Crippen molar-refractivity contribution in [1.29, 1.82) is 0 Å². The molecule has 0 aliphatic heterocycles. The Kier molecular flexibility index (Phi) is 5.64. The van der Waals surface area contributed by atoms with Crippen LogP contribution in [0.2, 0.25) is 5.02 Å². The van der Waals surface area contributed by atoms with Crippen LogP contribution < -0.4 is 9.47 Å². The fourth-order valence-electron chi connectivity index (χ4n) is 1.85. The van der Waals surface area contributed by atoms with Crippen LogP contribution in [-0.2, 0) is 11.2 Å². The quantitative estimate of drug-likeness (QED) is 0.590. The van der Waals surface area contributed by atoms with Crippen LogP contribution in [0.3, 0.4) is 0 Å². The fraction of sp³-hybridized carbons (Fsp3) is 0.235. The molecule has 4 heteroatoms. The largest absolute Gasteiger partial charge is 0.482 e. The maximum atomic E-state index is 11.7. The van der Waals surface area contributed by atoms with E-state index in [0.29, 0.717) is 16.5 Å². The minimum absolute atomic E-state index is 0.141. The highest BCUT2D eigenvalue weighted by molar-refractivity contribution is 6.30. The number of hydrogen-bond acceptors (Lipinski definition) is 3. The van der Waals surface area contributed by atoms with Gasteiger partial charge in [-0.25, -0.2) is 4.79 Å². The minimum atomic E-state index is -0.437. The summed E-state index contributed by atoms with van der Waals surface area (Å²) in [6, 6.07) is 14.3. The van der Waals surface area contributed by atoms with Crippen molar-refractivity contribution < 1.29 is 14.3 Å². The van der Waals surface area contributed by atoms with Gasteiger partial charge in [-0.05, 0) is 48.4 Å². The molecular weight excluding hydrogens is 288 g/mol. The Morgan fingerprint density at radius 2 is 1.62 bits per heavy atom. The summed E-state index contributed by atoms with van der Waals surface area (Å²) in [5.74, 6) is 0.669. The normalized spacial score (nSPS) is 10.2. The van der Waals surface area contributed by atoms with Gasteiger partial charge in [0.05, 0.1) is 0 Å². The number of hydrogen-bond donors (Lipinski definition) is 0. The summed E-state index contributed by atoms with van der Waals surface area (Å²) < 4.78 is 10.5. The van der Waals surface area contributed by atoms with Crippen molar-refractivity contribution in [3.8, 4) is 11.5 Å². The van der Waals surface area contributed by atoms with E-state index in [4.69, 9.17) is 21.1 Å². The first-order valence-corrected chi connectivity index (χ1v) is 7.23. The van der Waals surface area contributed by atoms with Gasteiger partial charge >= 0.3 is 5.97 Å². The minimum Gasteiger partial charge on any atom is -0.482 e. The Hall–Kier alpha value is -2.00. The van der Waals surface area contributed by atoms with Crippen LogP contribution in [0.25, 0.3) is 0 Å². The van der Waals surface area contributed by atoms with Crippen molar-refractivity contribution in [3.63, 3.8) is 0 Å². The highest BCUT2D eigenvalue weighted by atomic mass is 35.5. The Morgan fingerprint density at radius 1 is 1.00 bits per heavy atom. The van der Waals surface area contributed by atoms with E-state index in [1.807, 2.05) is 12.1 Å². The molecule has 2 rings (SSSR count). The molecule has 21 heavy (non-hydrogen) atoms. The van der Waals surface area contributed by atoms with E-state index in [1.165, 1.54) is 5.56 Å². The molecule has 0 N–H and O–H groups in total. The van der Waals surface area contributed by atoms with Crippen molar-refractivity contribution in [2.24, 2.45) is 0 Å². The first kappa shape index (κ1) is 15.4. The van der Waals surface area contributed by atoms with E-state index in [-0.39, 0.29) is 6.61 Å². The first-order chi connectivity index (χ1) is 10.2. The average molecular weight is 305 g/mol. The Bertz CT molecular complexity index is 576. The van der Waals surface area contributed by atoms with Crippen LogP contribution >= 0.6 is 11.6 Å². The standard InChI is InChI=1S/C17H17ClO3/c1-2-3-13-4-8-16(9-5-13)21-17(19)12-20-15-10-6-14(18)7-11-15/h4-11H,2-3,12H2,1H3. The van der Waals surface area contributed by atoms with E-state index in [9.17, 15) is 4.79 Å². The number of halogens is 1. The number of carbonyl (C=O) groups is 1. The third kappa shape index (κ3) is 5.12. The average Bonchev–Trinajstić information content (AvgIpc) is 2.49. The van der Waals surface area contributed by atoms with Crippen molar-refractivity contribution in [2.75, 3.05) is 6.61 Å². The van der Waals surface area contributed by atoms with Crippen LogP contribution in [0.15, 0.2) is 48.5 Å². The van der Waals surface area contributed by atoms with Crippen molar-refractivity contribution >= 4 is 17.6 Å². The molecular formula is C17H17ClO3. The highest BCUT2D eigenvalue weighted by Crippen LogP contribution is 2.16. The van der Waals surface area contributed by atoms with Crippen LogP contribution in [-0.4, -0.2) is 12.6 Å². The smallest absolute Gasteiger partial charge is 0.349 e. The van der Waals surface area contributed by atoms with Gasteiger partial charge in [0.2, 0.25) is 0 Å². The van der Waals surface area contributed by atoms with E-state index in [1.54, 1.807) is 36.4 Å². The SMILES string of the molecule is CCCc1ccc(OC(=O)COc2ccc(Cl)cc2)cc1. The molecule has 2 aromatic rings. The summed E-state index contributed by atoms with van der Waals surface area (Å²) >= 11 is 5.77. The van der Waals surface area contributed by atoms with Gasteiger partial charge in [-0.2, -0.15) is 0 Å². The molecule has 110 valence electrons. The van der Waals surface area contributed by atoms with E-state index in [2.05, 4.69) is 6.92 Å². The second kappa shape index (κ2) is 7.70. The van der Waals surface area contributed by atoms with E-state index < -0.39 is 5.97 Å². The number of ether oxygens (including phenoxy) is 2. The van der Waals surface area contributed by atoms with E-state index in [0.717, 1.165) is 12.8 Å². The third-order valence-electron chi connectivity index (χ3n) is 2.86. The molecule has 0 saturated heterocycles. The topological polar surface area (TPSA) is 35.5 Å². The van der Waals surface area contributed by atoms with Crippen LogP contribution in [0.1, 0.15) is 18.9 Å². The molecule has 0 aliphatic rings. The van der Waals surface area contributed by atoms with Gasteiger partial charge in [0.15, 0.2) is 6.61 Å². The molecule has 0 fully saturated rings. The molecule has 0 aromatic heterocycles. The predicted octanol–water partition coefficient (Wildman–Crippen LogP) is 4.28. The molecule has 0 atom stereocenters. The summed E-state index contributed by atoms with van der Waals surface area (Å²) in [7, 11) is 0. The second-order valence-corrected chi connectivity index (χ2v) is 5.05. The van der Waals surface area contributed by atoms with Gasteiger partial charge in [0, 0.05) is 5.02 Å². The number of aryl methyl sites for hydroxylation is 1. The molecule has 0 saturated carbocycles. The number of esters is 1. The molecule has 0 aliphatic carbocycles. The summed E-state index contributed by atoms with van der Waals surface area (Å²) in [4.78, 5) is 11.7. The van der Waals surface area contributed by atoms with Gasteiger partial charge < -0.3 is 9.47 Å². The second-order valence-electron chi connectivity index (χ2n) is 4.61. The molecule has 0 bridgehead atoms. The zero-order valence-electron chi connectivity index (χ0n) is 11.8.